The summed E-state index contributed by atoms with van der Waals surface area (Å²) in [5, 5.41) is 0. The molecule has 0 heteroatoms. The van der Waals surface area contributed by atoms with Gasteiger partial charge in [-0.15, -0.1) is 0 Å². The number of hydrogen-bond acceptors (Lipinski definition) is 0. The Morgan fingerprint density at radius 2 is 1.42 bits per heavy atom. The predicted molar refractivity (Wildman–Crippen MR) is 57.1 cm³/mol. The maximum absolute atomic E-state index is 2.18. The Labute approximate surface area is 76.0 Å². The second kappa shape index (κ2) is 9.96. The summed E-state index contributed by atoms with van der Waals surface area (Å²) in [6.45, 7) is 4.19. The molecule has 0 N–H and O–H groups in total. The predicted octanol–water partition coefficient (Wildman–Crippen LogP) is 4.03. The third-order valence-corrected chi connectivity index (χ3v) is 1.34. The van der Waals surface area contributed by atoms with Gasteiger partial charge in [0.05, 0.1) is 0 Å². The number of allylic oxidation sites excluding steroid dienone is 8. The second-order valence-electron chi connectivity index (χ2n) is 2.51. The van der Waals surface area contributed by atoms with E-state index in [1.807, 2.05) is 37.3 Å². The lowest BCUT2D eigenvalue weighted by Crippen LogP contribution is -1.58. The smallest absolute Gasteiger partial charge is 0.0350 e. The first-order chi connectivity index (χ1) is 5.91. The minimum Gasteiger partial charge on any atom is -0.0877 e. The van der Waals surface area contributed by atoms with Crippen LogP contribution in [-0.2, 0) is 0 Å². The molecule has 0 nitrogen and oxygen atoms in total. The molecule has 0 heterocycles. The van der Waals surface area contributed by atoms with Gasteiger partial charge in [0.25, 0.3) is 0 Å². The molecule has 0 saturated heterocycles. The van der Waals surface area contributed by atoms with E-state index in [0.29, 0.717) is 0 Å². The molecule has 0 amide bonds. The van der Waals surface area contributed by atoms with E-state index < -0.39 is 0 Å². The van der Waals surface area contributed by atoms with E-state index in [-0.39, 0.29) is 0 Å². The summed E-state index contributed by atoms with van der Waals surface area (Å²) in [6, 6.07) is 0. The van der Waals surface area contributed by atoms with Crippen LogP contribution in [0.4, 0.5) is 0 Å². The first kappa shape index (κ1) is 11.0. The van der Waals surface area contributed by atoms with Crippen molar-refractivity contribution in [2.45, 2.75) is 26.7 Å². The second-order valence-corrected chi connectivity index (χ2v) is 2.51. The van der Waals surface area contributed by atoms with Crippen molar-refractivity contribution in [3.8, 4) is 0 Å². The molecular formula is C12H18. The lowest BCUT2D eigenvalue weighted by atomic mass is 10.3. The van der Waals surface area contributed by atoms with Crippen LogP contribution in [0.15, 0.2) is 48.6 Å². The fourth-order valence-electron chi connectivity index (χ4n) is 0.709. The van der Waals surface area contributed by atoms with Gasteiger partial charge in [-0.05, 0) is 13.3 Å². The minimum absolute atomic E-state index is 1.17. The highest BCUT2D eigenvalue weighted by Crippen LogP contribution is 1.89. The van der Waals surface area contributed by atoms with Crippen molar-refractivity contribution in [1.82, 2.24) is 0 Å². The first-order valence-electron chi connectivity index (χ1n) is 4.53. The summed E-state index contributed by atoms with van der Waals surface area (Å²) in [7, 11) is 0. The average molecular weight is 162 g/mol. The molecule has 0 spiro atoms. The van der Waals surface area contributed by atoms with Gasteiger partial charge in [-0.1, -0.05) is 62.0 Å². The zero-order valence-corrected chi connectivity index (χ0v) is 8.03. The van der Waals surface area contributed by atoms with Gasteiger partial charge in [0.2, 0.25) is 0 Å². The van der Waals surface area contributed by atoms with E-state index in [0.717, 1.165) is 0 Å². The molecule has 0 aliphatic rings. The van der Waals surface area contributed by atoms with E-state index in [9.17, 15) is 0 Å². The van der Waals surface area contributed by atoms with Gasteiger partial charge in [0, 0.05) is 0 Å². The molecule has 0 aromatic rings. The zero-order valence-electron chi connectivity index (χ0n) is 8.03. The fraction of sp³-hybridized carbons (Fsp3) is 0.333. The fourth-order valence-corrected chi connectivity index (χ4v) is 0.709. The van der Waals surface area contributed by atoms with Gasteiger partial charge >= 0.3 is 0 Å². The molecule has 66 valence electrons. The summed E-state index contributed by atoms with van der Waals surface area (Å²) >= 11 is 0. The molecule has 0 aromatic carbocycles. The topological polar surface area (TPSA) is 0 Å². The van der Waals surface area contributed by atoms with E-state index in [2.05, 4.69) is 25.2 Å². The maximum Gasteiger partial charge on any atom is -0.0350 e. The van der Waals surface area contributed by atoms with Crippen LogP contribution < -0.4 is 0 Å². The van der Waals surface area contributed by atoms with Crippen molar-refractivity contribution in [2.24, 2.45) is 0 Å². The largest absolute Gasteiger partial charge is 0.0877 e. The molecule has 0 aliphatic carbocycles. The van der Waals surface area contributed by atoms with Gasteiger partial charge < -0.3 is 0 Å². The minimum atomic E-state index is 1.17. The van der Waals surface area contributed by atoms with Gasteiger partial charge in [-0.3, -0.25) is 0 Å². The molecule has 0 fully saturated rings. The van der Waals surface area contributed by atoms with Crippen molar-refractivity contribution in [3.05, 3.63) is 48.6 Å². The Morgan fingerprint density at radius 3 is 2.00 bits per heavy atom. The third-order valence-electron chi connectivity index (χ3n) is 1.34. The van der Waals surface area contributed by atoms with Crippen LogP contribution in [0.2, 0.25) is 0 Å². The molecule has 0 atom stereocenters. The van der Waals surface area contributed by atoms with Gasteiger partial charge in [0.15, 0.2) is 0 Å². The van der Waals surface area contributed by atoms with Crippen molar-refractivity contribution < 1.29 is 0 Å². The van der Waals surface area contributed by atoms with Crippen LogP contribution in [0.25, 0.3) is 0 Å². The van der Waals surface area contributed by atoms with Crippen LogP contribution in [0.3, 0.4) is 0 Å². The molecule has 12 heavy (non-hydrogen) atoms. The van der Waals surface area contributed by atoms with Crippen molar-refractivity contribution >= 4 is 0 Å². The van der Waals surface area contributed by atoms with E-state index in [1.165, 1.54) is 12.8 Å². The Kier molecular flexibility index (Phi) is 9.10. The number of unbranched alkanes of at least 4 members (excludes halogenated alkanes) is 1. The first-order valence-corrected chi connectivity index (χ1v) is 4.53. The molecule has 0 rings (SSSR count). The summed E-state index contributed by atoms with van der Waals surface area (Å²) < 4.78 is 0. The van der Waals surface area contributed by atoms with Crippen LogP contribution >= 0.6 is 0 Å². The summed E-state index contributed by atoms with van der Waals surface area (Å²) in [5.41, 5.74) is 0. The summed E-state index contributed by atoms with van der Waals surface area (Å²) in [6.07, 6.45) is 18.8. The Hall–Kier alpha value is -1.04. The molecule has 0 bridgehead atoms. The summed E-state index contributed by atoms with van der Waals surface area (Å²) in [5.74, 6) is 0. The highest BCUT2D eigenvalue weighted by atomic mass is 13.7. The molecule has 0 aliphatic heterocycles. The Balaban J connectivity index is 3.48. The lowest BCUT2D eigenvalue weighted by molar-refractivity contribution is 0.959. The zero-order chi connectivity index (χ0) is 9.07. The average Bonchev–Trinajstić information content (AvgIpc) is 2.10. The van der Waals surface area contributed by atoms with E-state index in [1.54, 1.807) is 0 Å². The van der Waals surface area contributed by atoms with Crippen LogP contribution in [-0.4, -0.2) is 0 Å². The Morgan fingerprint density at radius 1 is 0.833 bits per heavy atom. The quantitative estimate of drug-likeness (QED) is 0.535. The number of hydrogen-bond donors (Lipinski definition) is 0. The normalized spacial score (nSPS) is 13.2. The highest BCUT2D eigenvalue weighted by molar-refractivity contribution is 5.14. The van der Waals surface area contributed by atoms with Gasteiger partial charge in [0.1, 0.15) is 0 Å². The van der Waals surface area contributed by atoms with Crippen molar-refractivity contribution in [2.75, 3.05) is 0 Å². The monoisotopic (exact) mass is 162 g/mol. The lowest BCUT2D eigenvalue weighted by Gasteiger charge is -1.79. The number of rotatable bonds is 5. The SMILES string of the molecule is CC=CC=CC=CC=CCCC. The molecule has 0 saturated carbocycles. The van der Waals surface area contributed by atoms with Crippen molar-refractivity contribution in [3.63, 3.8) is 0 Å². The third kappa shape index (κ3) is 8.96. The van der Waals surface area contributed by atoms with Crippen molar-refractivity contribution in [1.29, 1.82) is 0 Å². The molecule has 0 aromatic heterocycles. The standard InChI is InChI=1S/C12H18/c1-3-5-7-9-11-12-10-8-6-4-2/h3,5,7-12H,4,6H2,1-2H3. The Bertz CT molecular complexity index is 180. The molecule has 0 unspecified atom stereocenters. The van der Waals surface area contributed by atoms with E-state index in [4.69, 9.17) is 0 Å². The van der Waals surface area contributed by atoms with Gasteiger partial charge in [-0.25, -0.2) is 0 Å². The summed E-state index contributed by atoms with van der Waals surface area (Å²) in [4.78, 5) is 0. The van der Waals surface area contributed by atoms with Crippen LogP contribution in [0.5, 0.6) is 0 Å². The van der Waals surface area contributed by atoms with Crippen LogP contribution in [0, 0.1) is 0 Å². The van der Waals surface area contributed by atoms with Crippen LogP contribution in [0.1, 0.15) is 26.7 Å². The maximum atomic E-state index is 2.18. The van der Waals surface area contributed by atoms with Gasteiger partial charge in [-0.2, -0.15) is 0 Å². The molecule has 0 radical (unpaired) electrons. The van der Waals surface area contributed by atoms with E-state index >= 15 is 0 Å². The molecular weight excluding hydrogens is 144 g/mol. The highest BCUT2D eigenvalue weighted by Gasteiger charge is 1.68.